The van der Waals surface area contributed by atoms with Crippen LogP contribution in [-0.2, 0) is 4.79 Å². The molecule has 1 unspecified atom stereocenters. The second-order valence-electron chi connectivity index (χ2n) is 4.03. The van der Waals surface area contributed by atoms with Gasteiger partial charge in [-0.3, -0.25) is 10.2 Å². The first kappa shape index (κ1) is 13.3. The highest BCUT2D eigenvalue weighted by molar-refractivity contribution is 5.76. The van der Waals surface area contributed by atoms with Crippen LogP contribution in [0.2, 0.25) is 0 Å². The number of carbonyl (C=O) groups is 1. The number of aromatic nitrogens is 3. The number of nitrogens with zero attached hydrogens (tertiary/aromatic N) is 3. The van der Waals surface area contributed by atoms with Crippen LogP contribution in [0.4, 0.5) is 11.9 Å². The van der Waals surface area contributed by atoms with E-state index in [9.17, 15) is 4.79 Å². The number of hydrazine groups is 1. The Morgan fingerprint density at radius 3 is 2.84 bits per heavy atom. The first-order valence-electron chi connectivity index (χ1n) is 6.10. The van der Waals surface area contributed by atoms with Crippen molar-refractivity contribution in [1.82, 2.24) is 20.3 Å². The van der Waals surface area contributed by atoms with E-state index in [0.717, 1.165) is 6.42 Å². The molecule has 0 saturated carbocycles. The molecule has 1 aromatic rings. The van der Waals surface area contributed by atoms with Gasteiger partial charge in [-0.05, 0) is 13.3 Å². The molecule has 9 nitrogen and oxygen atoms in total. The normalized spacial score (nSPS) is 18.6. The Bertz CT molecular complexity index is 444. The molecule has 1 fully saturated rings. The summed E-state index contributed by atoms with van der Waals surface area (Å²) >= 11 is 0. The first-order valence-corrected chi connectivity index (χ1v) is 6.10. The average Bonchev–Trinajstić information content (AvgIpc) is 2.41. The van der Waals surface area contributed by atoms with Gasteiger partial charge in [-0.15, -0.1) is 0 Å². The van der Waals surface area contributed by atoms with E-state index in [1.165, 1.54) is 0 Å². The summed E-state index contributed by atoms with van der Waals surface area (Å²) in [6.07, 6.45) is 1.22. The summed E-state index contributed by atoms with van der Waals surface area (Å²) in [6.45, 7) is 2.83. The van der Waals surface area contributed by atoms with Crippen molar-refractivity contribution < 1.29 is 9.53 Å². The third-order valence-corrected chi connectivity index (χ3v) is 2.62. The van der Waals surface area contributed by atoms with Crippen LogP contribution in [0.15, 0.2) is 0 Å². The molecule has 1 amide bonds. The molecule has 0 aromatic carbocycles. The van der Waals surface area contributed by atoms with Crippen LogP contribution in [0.25, 0.3) is 0 Å². The van der Waals surface area contributed by atoms with Gasteiger partial charge in [0.25, 0.3) is 0 Å². The molecule has 1 aliphatic rings. The molecule has 19 heavy (non-hydrogen) atoms. The minimum atomic E-state index is 0.0630. The van der Waals surface area contributed by atoms with Crippen molar-refractivity contribution in [2.45, 2.75) is 25.8 Å². The zero-order valence-corrected chi connectivity index (χ0v) is 10.6. The molecule has 104 valence electrons. The van der Waals surface area contributed by atoms with E-state index in [2.05, 4.69) is 31.0 Å². The number of nitrogens with one attached hydrogen (secondary N) is 3. The van der Waals surface area contributed by atoms with E-state index in [1.807, 2.05) is 6.92 Å². The highest BCUT2D eigenvalue weighted by Gasteiger charge is 2.19. The monoisotopic (exact) mass is 267 g/mol. The van der Waals surface area contributed by atoms with Gasteiger partial charge in [0.2, 0.25) is 17.8 Å². The highest BCUT2D eigenvalue weighted by atomic mass is 16.5. The topological polar surface area (TPSA) is 127 Å². The molecule has 0 radical (unpaired) electrons. The predicted octanol–water partition coefficient (Wildman–Crippen LogP) is -0.754. The van der Waals surface area contributed by atoms with Crippen LogP contribution in [0.5, 0.6) is 6.01 Å². The molecule has 9 heteroatoms. The van der Waals surface area contributed by atoms with Crippen molar-refractivity contribution in [3.8, 4) is 6.01 Å². The van der Waals surface area contributed by atoms with Crippen molar-refractivity contribution in [1.29, 1.82) is 0 Å². The van der Waals surface area contributed by atoms with Gasteiger partial charge >= 0.3 is 6.01 Å². The number of nitrogen functional groups attached to an aromatic ring is 1. The number of piperidine rings is 1. The number of hydrogen-bond acceptors (Lipinski definition) is 8. The zero-order valence-electron chi connectivity index (χ0n) is 10.6. The van der Waals surface area contributed by atoms with E-state index >= 15 is 0 Å². The van der Waals surface area contributed by atoms with Gasteiger partial charge in [-0.2, -0.15) is 15.0 Å². The molecule has 1 aliphatic heterocycles. The molecular formula is C10H17N7O2. The van der Waals surface area contributed by atoms with Crippen molar-refractivity contribution in [2.75, 3.05) is 23.9 Å². The van der Waals surface area contributed by atoms with Crippen LogP contribution < -0.4 is 26.6 Å². The van der Waals surface area contributed by atoms with Crippen LogP contribution >= 0.6 is 0 Å². The lowest BCUT2D eigenvalue weighted by Crippen LogP contribution is -2.42. The molecule has 2 rings (SSSR count). The summed E-state index contributed by atoms with van der Waals surface area (Å²) in [7, 11) is 0. The second-order valence-corrected chi connectivity index (χ2v) is 4.03. The Kier molecular flexibility index (Phi) is 4.29. The number of hydrogen-bond donors (Lipinski definition) is 4. The lowest BCUT2D eigenvalue weighted by molar-refractivity contribution is -0.122. The maximum absolute atomic E-state index is 11.1. The summed E-state index contributed by atoms with van der Waals surface area (Å²) in [5, 5.41) is 5.90. The number of ether oxygens (including phenoxy) is 1. The predicted molar refractivity (Wildman–Crippen MR) is 68.5 cm³/mol. The smallest absolute Gasteiger partial charge is 0.323 e. The Hall–Kier alpha value is -2.16. The summed E-state index contributed by atoms with van der Waals surface area (Å²) in [6, 6.07) is 0.285. The van der Waals surface area contributed by atoms with E-state index in [1.54, 1.807) is 0 Å². The molecule has 1 atom stereocenters. The Morgan fingerprint density at radius 2 is 2.21 bits per heavy atom. The van der Waals surface area contributed by atoms with Gasteiger partial charge in [-0.25, -0.2) is 5.84 Å². The molecule has 0 spiro atoms. The number of carbonyl (C=O) groups excluding carboxylic acids is 1. The maximum Gasteiger partial charge on any atom is 0.323 e. The summed E-state index contributed by atoms with van der Waals surface area (Å²) in [5.41, 5.74) is 2.36. The lowest BCUT2D eigenvalue weighted by Gasteiger charge is -2.23. The van der Waals surface area contributed by atoms with Gasteiger partial charge in [-0.1, -0.05) is 0 Å². The molecule has 1 aromatic heterocycles. The minimum Gasteiger partial charge on any atom is -0.464 e. The fraction of sp³-hybridized carbons (Fsp3) is 0.600. The summed E-state index contributed by atoms with van der Waals surface area (Å²) < 4.78 is 5.23. The number of nitrogens with two attached hydrogens (primary N) is 1. The molecule has 2 heterocycles. The van der Waals surface area contributed by atoms with Gasteiger partial charge in [0, 0.05) is 19.0 Å². The second kappa shape index (κ2) is 6.14. The Labute approximate surface area is 110 Å². The van der Waals surface area contributed by atoms with Crippen molar-refractivity contribution in [3.05, 3.63) is 0 Å². The van der Waals surface area contributed by atoms with Crippen LogP contribution in [-0.4, -0.2) is 40.1 Å². The van der Waals surface area contributed by atoms with E-state index < -0.39 is 0 Å². The fourth-order valence-corrected chi connectivity index (χ4v) is 1.72. The maximum atomic E-state index is 11.1. The fourth-order valence-electron chi connectivity index (χ4n) is 1.72. The van der Waals surface area contributed by atoms with E-state index in [4.69, 9.17) is 10.6 Å². The lowest BCUT2D eigenvalue weighted by atomic mass is 10.1. The van der Waals surface area contributed by atoms with Gasteiger partial charge in [0.1, 0.15) is 0 Å². The van der Waals surface area contributed by atoms with Crippen LogP contribution in [0.1, 0.15) is 19.8 Å². The molecule has 0 bridgehead atoms. The van der Waals surface area contributed by atoms with E-state index in [-0.39, 0.29) is 23.9 Å². The third kappa shape index (κ3) is 3.65. The van der Waals surface area contributed by atoms with Crippen LogP contribution in [0.3, 0.4) is 0 Å². The molecule has 5 N–H and O–H groups in total. The van der Waals surface area contributed by atoms with Gasteiger partial charge in [0.15, 0.2) is 0 Å². The van der Waals surface area contributed by atoms with Gasteiger partial charge in [0.05, 0.1) is 6.61 Å². The van der Waals surface area contributed by atoms with Crippen molar-refractivity contribution >= 4 is 17.8 Å². The SMILES string of the molecule is CCOc1nc(NN)nc(NC2CCC(=O)NC2)n1. The average molecular weight is 267 g/mol. The Morgan fingerprint density at radius 1 is 1.42 bits per heavy atom. The first-order chi connectivity index (χ1) is 9.21. The quantitative estimate of drug-likeness (QED) is 0.405. The summed E-state index contributed by atoms with van der Waals surface area (Å²) in [4.78, 5) is 23.2. The molecule has 0 aliphatic carbocycles. The molecular weight excluding hydrogens is 250 g/mol. The van der Waals surface area contributed by atoms with Gasteiger partial charge < -0.3 is 15.4 Å². The standard InChI is InChI=1S/C10H17N7O2/c1-2-19-10-15-8(14-9(16-10)17-11)13-6-3-4-7(18)12-5-6/h6H,2-5,11H2,1H3,(H,12,18)(H2,13,14,15,16,17). The Balaban J connectivity index is 2.06. The van der Waals surface area contributed by atoms with Crippen molar-refractivity contribution in [3.63, 3.8) is 0 Å². The largest absolute Gasteiger partial charge is 0.464 e. The number of rotatable bonds is 5. The van der Waals surface area contributed by atoms with Crippen molar-refractivity contribution in [2.24, 2.45) is 5.84 Å². The van der Waals surface area contributed by atoms with Crippen LogP contribution in [0, 0.1) is 0 Å². The highest BCUT2D eigenvalue weighted by Crippen LogP contribution is 2.13. The number of anilines is 2. The number of amides is 1. The third-order valence-electron chi connectivity index (χ3n) is 2.62. The zero-order chi connectivity index (χ0) is 13.7. The molecule has 1 saturated heterocycles. The minimum absolute atomic E-state index is 0.0630. The van der Waals surface area contributed by atoms with E-state index in [0.29, 0.717) is 25.5 Å². The summed E-state index contributed by atoms with van der Waals surface area (Å²) in [5.74, 6) is 5.95.